The molecule has 17 heavy (non-hydrogen) atoms. The van der Waals surface area contributed by atoms with Crippen LogP contribution in [-0.4, -0.2) is 9.55 Å². The van der Waals surface area contributed by atoms with E-state index in [0.29, 0.717) is 5.76 Å². The minimum Gasteiger partial charge on any atom is -0.464 e. The highest BCUT2D eigenvalue weighted by molar-refractivity contribution is 5.28. The van der Waals surface area contributed by atoms with Crippen LogP contribution in [-0.2, 0) is 0 Å². The van der Waals surface area contributed by atoms with Crippen molar-refractivity contribution in [1.82, 2.24) is 9.55 Å². The van der Waals surface area contributed by atoms with E-state index in [1.54, 1.807) is 19.1 Å². The molecule has 6 heteroatoms. The van der Waals surface area contributed by atoms with Gasteiger partial charge in [-0.05, 0) is 26.0 Å². The fourth-order valence-electron chi connectivity index (χ4n) is 1.73. The molecule has 0 spiro atoms. The third kappa shape index (κ3) is 2.01. The van der Waals surface area contributed by atoms with Gasteiger partial charge in [-0.15, -0.1) is 0 Å². The Hall–Kier alpha value is -2.24. The zero-order valence-corrected chi connectivity index (χ0v) is 9.56. The van der Waals surface area contributed by atoms with Crippen molar-refractivity contribution in [3.05, 3.63) is 50.6 Å². The third-order valence-corrected chi connectivity index (χ3v) is 2.57. The van der Waals surface area contributed by atoms with Crippen LogP contribution in [0.3, 0.4) is 0 Å². The Kier molecular flexibility index (Phi) is 2.63. The van der Waals surface area contributed by atoms with E-state index in [-0.39, 0.29) is 11.9 Å². The van der Waals surface area contributed by atoms with E-state index in [1.165, 1.54) is 10.6 Å². The molecule has 0 amide bonds. The standard InChI is InChI=1S/C11H13N3O3/c1-6-3-4-8(17-6)7(2)14-9(12)5-10(15)13-11(14)16/h3-5,7H,12H2,1-2H3,(H,13,15,16). The van der Waals surface area contributed by atoms with Gasteiger partial charge in [0.1, 0.15) is 17.3 Å². The van der Waals surface area contributed by atoms with Crippen LogP contribution >= 0.6 is 0 Å². The van der Waals surface area contributed by atoms with Crippen molar-refractivity contribution in [2.24, 2.45) is 0 Å². The van der Waals surface area contributed by atoms with Gasteiger partial charge in [0, 0.05) is 6.07 Å². The predicted octanol–water partition coefficient (Wildman–Crippen LogP) is 0.630. The monoisotopic (exact) mass is 235 g/mol. The average molecular weight is 235 g/mol. The molecule has 0 aliphatic carbocycles. The van der Waals surface area contributed by atoms with E-state index in [1.807, 2.05) is 6.92 Å². The summed E-state index contributed by atoms with van der Waals surface area (Å²) in [5.41, 5.74) is 4.62. The molecular weight excluding hydrogens is 222 g/mol. The number of nitrogens with two attached hydrogens (primary N) is 1. The first kappa shape index (κ1) is 11.3. The molecule has 0 aromatic carbocycles. The Balaban J connectivity index is 2.55. The lowest BCUT2D eigenvalue weighted by atomic mass is 10.2. The maximum Gasteiger partial charge on any atom is 0.330 e. The topological polar surface area (TPSA) is 94.0 Å². The highest BCUT2D eigenvalue weighted by atomic mass is 16.3. The van der Waals surface area contributed by atoms with Gasteiger partial charge in [-0.1, -0.05) is 0 Å². The Labute approximate surface area is 96.7 Å². The summed E-state index contributed by atoms with van der Waals surface area (Å²) in [4.78, 5) is 24.9. The number of aromatic nitrogens is 2. The molecule has 2 aromatic rings. The van der Waals surface area contributed by atoms with Crippen molar-refractivity contribution >= 4 is 5.82 Å². The Morgan fingerprint density at radius 3 is 2.65 bits per heavy atom. The van der Waals surface area contributed by atoms with Gasteiger partial charge in [-0.2, -0.15) is 0 Å². The molecule has 0 saturated heterocycles. The molecule has 2 heterocycles. The van der Waals surface area contributed by atoms with Crippen LogP contribution in [0, 0.1) is 6.92 Å². The SMILES string of the molecule is Cc1ccc(C(C)n2c(N)cc(=O)[nH]c2=O)o1. The van der Waals surface area contributed by atoms with Gasteiger partial charge in [-0.3, -0.25) is 14.3 Å². The summed E-state index contributed by atoms with van der Waals surface area (Å²) >= 11 is 0. The van der Waals surface area contributed by atoms with Crippen molar-refractivity contribution < 1.29 is 4.42 Å². The van der Waals surface area contributed by atoms with Crippen molar-refractivity contribution in [2.75, 3.05) is 5.73 Å². The first-order valence-electron chi connectivity index (χ1n) is 5.16. The van der Waals surface area contributed by atoms with Crippen LogP contribution in [0.25, 0.3) is 0 Å². The van der Waals surface area contributed by atoms with Gasteiger partial charge < -0.3 is 10.2 Å². The summed E-state index contributed by atoms with van der Waals surface area (Å²) in [6.07, 6.45) is 0. The second-order valence-corrected chi connectivity index (χ2v) is 3.86. The summed E-state index contributed by atoms with van der Waals surface area (Å²) in [7, 11) is 0. The fourth-order valence-corrected chi connectivity index (χ4v) is 1.73. The maximum absolute atomic E-state index is 11.7. The van der Waals surface area contributed by atoms with Crippen LogP contribution in [0.4, 0.5) is 5.82 Å². The molecule has 0 fully saturated rings. The number of rotatable bonds is 2. The molecule has 1 atom stereocenters. The molecule has 90 valence electrons. The zero-order valence-electron chi connectivity index (χ0n) is 9.56. The van der Waals surface area contributed by atoms with Gasteiger partial charge in [0.2, 0.25) is 0 Å². The molecule has 6 nitrogen and oxygen atoms in total. The highest BCUT2D eigenvalue weighted by Gasteiger charge is 2.15. The predicted molar refractivity (Wildman–Crippen MR) is 63.0 cm³/mol. The normalized spacial score (nSPS) is 12.6. The van der Waals surface area contributed by atoms with Crippen LogP contribution in [0.15, 0.2) is 32.2 Å². The van der Waals surface area contributed by atoms with E-state index >= 15 is 0 Å². The lowest BCUT2D eigenvalue weighted by Gasteiger charge is -2.14. The van der Waals surface area contributed by atoms with Crippen LogP contribution in [0.1, 0.15) is 24.5 Å². The average Bonchev–Trinajstić information content (AvgIpc) is 2.63. The summed E-state index contributed by atoms with van der Waals surface area (Å²) < 4.78 is 6.71. The van der Waals surface area contributed by atoms with E-state index < -0.39 is 11.2 Å². The second-order valence-electron chi connectivity index (χ2n) is 3.86. The number of aryl methyl sites for hydroxylation is 1. The Bertz CT molecular complexity index is 650. The van der Waals surface area contributed by atoms with E-state index in [0.717, 1.165) is 5.76 Å². The van der Waals surface area contributed by atoms with Gasteiger partial charge in [0.15, 0.2) is 0 Å². The van der Waals surface area contributed by atoms with Crippen LogP contribution in [0.5, 0.6) is 0 Å². The molecule has 0 radical (unpaired) electrons. The first-order chi connectivity index (χ1) is 7.99. The van der Waals surface area contributed by atoms with Crippen molar-refractivity contribution in [3.63, 3.8) is 0 Å². The molecule has 0 saturated carbocycles. The highest BCUT2D eigenvalue weighted by Crippen LogP contribution is 2.20. The molecular formula is C11H13N3O3. The number of hydrogen-bond donors (Lipinski definition) is 2. The second kappa shape index (κ2) is 3.97. The van der Waals surface area contributed by atoms with Gasteiger partial charge in [0.05, 0.1) is 6.04 Å². The smallest absolute Gasteiger partial charge is 0.330 e. The summed E-state index contributed by atoms with van der Waals surface area (Å²) in [6.45, 7) is 3.59. The van der Waals surface area contributed by atoms with Gasteiger partial charge in [-0.25, -0.2) is 4.79 Å². The fraction of sp³-hybridized carbons (Fsp3) is 0.273. The summed E-state index contributed by atoms with van der Waals surface area (Å²) in [5, 5.41) is 0. The third-order valence-electron chi connectivity index (χ3n) is 2.57. The molecule has 0 aliphatic rings. The quantitative estimate of drug-likeness (QED) is 0.798. The number of furan rings is 1. The number of nitrogens with zero attached hydrogens (tertiary/aromatic N) is 1. The number of anilines is 1. The van der Waals surface area contributed by atoms with Crippen molar-refractivity contribution in [1.29, 1.82) is 0 Å². The molecule has 2 aromatic heterocycles. The van der Waals surface area contributed by atoms with Crippen molar-refractivity contribution in [3.8, 4) is 0 Å². The lowest BCUT2D eigenvalue weighted by molar-refractivity contribution is 0.423. The number of H-pyrrole nitrogens is 1. The zero-order chi connectivity index (χ0) is 12.6. The first-order valence-corrected chi connectivity index (χ1v) is 5.16. The minimum atomic E-state index is -0.545. The lowest BCUT2D eigenvalue weighted by Crippen LogP contribution is -2.33. The summed E-state index contributed by atoms with van der Waals surface area (Å²) in [6, 6.07) is 4.39. The van der Waals surface area contributed by atoms with Crippen LogP contribution < -0.4 is 17.0 Å². The molecule has 0 bridgehead atoms. The van der Waals surface area contributed by atoms with E-state index in [9.17, 15) is 9.59 Å². The molecule has 3 N–H and O–H groups in total. The van der Waals surface area contributed by atoms with E-state index in [2.05, 4.69) is 4.98 Å². The van der Waals surface area contributed by atoms with Crippen LogP contribution in [0.2, 0.25) is 0 Å². The summed E-state index contributed by atoms with van der Waals surface area (Å²) in [5.74, 6) is 1.48. The van der Waals surface area contributed by atoms with Gasteiger partial charge in [0.25, 0.3) is 5.56 Å². The van der Waals surface area contributed by atoms with Gasteiger partial charge >= 0.3 is 5.69 Å². The largest absolute Gasteiger partial charge is 0.464 e. The number of nitrogens with one attached hydrogen (secondary N) is 1. The molecule has 1 unspecified atom stereocenters. The Morgan fingerprint density at radius 2 is 2.12 bits per heavy atom. The van der Waals surface area contributed by atoms with E-state index in [4.69, 9.17) is 10.2 Å². The number of aromatic amines is 1. The van der Waals surface area contributed by atoms with Crippen molar-refractivity contribution in [2.45, 2.75) is 19.9 Å². The Morgan fingerprint density at radius 1 is 1.41 bits per heavy atom. The molecule has 2 rings (SSSR count). The molecule has 0 aliphatic heterocycles. The number of hydrogen-bond acceptors (Lipinski definition) is 4. The maximum atomic E-state index is 11.7. The number of nitrogen functional groups attached to an aromatic ring is 1. The minimum absolute atomic E-state index is 0.111.